The molecule has 1 rings (SSSR count). The average Bonchev–Trinajstić information content (AvgIpc) is 2.40. The minimum atomic E-state index is -0.429. The van der Waals surface area contributed by atoms with Crippen molar-refractivity contribution < 1.29 is 14.3 Å². The zero-order valence-electron chi connectivity index (χ0n) is 11.2. The fourth-order valence-corrected chi connectivity index (χ4v) is 1.71. The summed E-state index contributed by atoms with van der Waals surface area (Å²) in [4.78, 5) is 11.6. The Kier molecular flexibility index (Phi) is 5.49. The van der Waals surface area contributed by atoms with Gasteiger partial charge in [-0.05, 0) is 18.1 Å². The van der Waals surface area contributed by atoms with Gasteiger partial charge in [-0.2, -0.15) is 0 Å². The van der Waals surface area contributed by atoms with Crippen LogP contribution in [0.3, 0.4) is 0 Å². The van der Waals surface area contributed by atoms with Crippen molar-refractivity contribution in [3.63, 3.8) is 0 Å². The number of nitrogen functional groups attached to an aromatic ring is 1. The number of anilines is 1. The number of nitrogens with two attached hydrogens (primary N) is 1. The Hall–Kier alpha value is -1.71. The molecule has 18 heavy (non-hydrogen) atoms. The molecule has 0 spiro atoms. The van der Waals surface area contributed by atoms with Gasteiger partial charge in [0, 0.05) is 0 Å². The van der Waals surface area contributed by atoms with Crippen molar-refractivity contribution in [2.75, 3.05) is 19.5 Å². The summed E-state index contributed by atoms with van der Waals surface area (Å²) in [6.07, 6.45) is 2.08. The van der Waals surface area contributed by atoms with Gasteiger partial charge in [-0.25, -0.2) is 4.79 Å². The van der Waals surface area contributed by atoms with E-state index < -0.39 is 5.97 Å². The number of ether oxygens (including phenoxy) is 2. The molecule has 0 saturated heterocycles. The maximum absolute atomic E-state index is 11.6. The normalized spacial score (nSPS) is 10.4. The maximum atomic E-state index is 11.6. The molecular weight excluding hydrogens is 230 g/mol. The molecule has 0 aliphatic heterocycles. The summed E-state index contributed by atoms with van der Waals surface area (Å²) in [5.74, 6) is 0.466. The van der Waals surface area contributed by atoms with Gasteiger partial charge >= 0.3 is 5.97 Å². The molecule has 0 aliphatic carbocycles. The standard InChI is InChI=1S/C14H21NO3/c1-4-10(5-2)9-18-13-11(14(16)17-3)7-6-8-12(13)15/h6-8,10H,4-5,9,15H2,1-3H3. The predicted octanol–water partition coefficient (Wildman–Crippen LogP) is 2.87. The van der Waals surface area contributed by atoms with Gasteiger partial charge in [-0.1, -0.05) is 32.8 Å². The van der Waals surface area contributed by atoms with Crippen LogP contribution in [0.2, 0.25) is 0 Å². The monoisotopic (exact) mass is 251 g/mol. The molecule has 4 heteroatoms. The summed E-state index contributed by atoms with van der Waals surface area (Å²) in [7, 11) is 1.34. The number of methoxy groups -OCH3 is 1. The maximum Gasteiger partial charge on any atom is 0.341 e. The van der Waals surface area contributed by atoms with E-state index in [2.05, 4.69) is 13.8 Å². The van der Waals surface area contributed by atoms with Crippen LogP contribution in [0.15, 0.2) is 18.2 Å². The SMILES string of the molecule is CCC(CC)COc1c(N)cccc1C(=O)OC. The Bertz CT molecular complexity index is 400. The Morgan fingerprint density at radius 3 is 2.56 bits per heavy atom. The predicted molar refractivity (Wildman–Crippen MR) is 71.8 cm³/mol. The highest BCUT2D eigenvalue weighted by molar-refractivity contribution is 5.94. The van der Waals surface area contributed by atoms with E-state index in [-0.39, 0.29) is 0 Å². The molecular formula is C14H21NO3. The average molecular weight is 251 g/mol. The molecule has 0 radical (unpaired) electrons. The van der Waals surface area contributed by atoms with Gasteiger partial charge in [0.25, 0.3) is 0 Å². The molecule has 0 aliphatic rings. The second-order valence-corrected chi connectivity index (χ2v) is 4.21. The molecule has 0 amide bonds. The van der Waals surface area contributed by atoms with E-state index in [1.165, 1.54) is 7.11 Å². The van der Waals surface area contributed by atoms with E-state index in [1.54, 1.807) is 18.2 Å². The fourth-order valence-electron chi connectivity index (χ4n) is 1.71. The smallest absolute Gasteiger partial charge is 0.341 e. The van der Waals surface area contributed by atoms with Crippen LogP contribution in [-0.4, -0.2) is 19.7 Å². The van der Waals surface area contributed by atoms with Gasteiger partial charge in [-0.15, -0.1) is 0 Å². The minimum Gasteiger partial charge on any atom is -0.490 e. The van der Waals surface area contributed by atoms with E-state index in [0.717, 1.165) is 12.8 Å². The fraction of sp³-hybridized carbons (Fsp3) is 0.500. The van der Waals surface area contributed by atoms with Crippen molar-refractivity contribution in [2.24, 2.45) is 5.92 Å². The van der Waals surface area contributed by atoms with Crippen molar-refractivity contribution in [1.29, 1.82) is 0 Å². The number of hydrogen-bond donors (Lipinski definition) is 1. The third-order valence-electron chi connectivity index (χ3n) is 3.07. The Balaban J connectivity index is 2.89. The van der Waals surface area contributed by atoms with Gasteiger partial charge in [0.1, 0.15) is 5.56 Å². The molecule has 0 saturated carbocycles. The number of para-hydroxylation sites is 1. The summed E-state index contributed by atoms with van der Waals surface area (Å²) in [6, 6.07) is 5.09. The molecule has 0 aromatic heterocycles. The largest absolute Gasteiger partial charge is 0.490 e. The topological polar surface area (TPSA) is 61.5 Å². The first-order valence-corrected chi connectivity index (χ1v) is 6.23. The Morgan fingerprint density at radius 2 is 2.00 bits per heavy atom. The summed E-state index contributed by atoms with van der Waals surface area (Å²) < 4.78 is 10.4. The third kappa shape index (κ3) is 3.39. The zero-order chi connectivity index (χ0) is 13.5. The molecule has 4 nitrogen and oxygen atoms in total. The minimum absolute atomic E-state index is 0.378. The van der Waals surface area contributed by atoms with Crippen LogP contribution >= 0.6 is 0 Å². The Labute approximate surface area is 108 Å². The van der Waals surface area contributed by atoms with Crippen LogP contribution in [-0.2, 0) is 4.74 Å². The van der Waals surface area contributed by atoms with Crippen LogP contribution in [0, 0.1) is 5.92 Å². The first-order valence-electron chi connectivity index (χ1n) is 6.23. The van der Waals surface area contributed by atoms with Crippen molar-refractivity contribution in [3.8, 4) is 5.75 Å². The lowest BCUT2D eigenvalue weighted by atomic mass is 10.1. The molecule has 0 heterocycles. The van der Waals surface area contributed by atoms with Gasteiger partial charge in [0.2, 0.25) is 0 Å². The van der Waals surface area contributed by atoms with E-state index in [1.807, 2.05) is 0 Å². The van der Waals surface area contributed by atoms with Crippen LogP contribution in [0.5, 0.6) is 5.75 Å². The van der Waals surface area contributed by atoms with Crippen molar-refractivity contribution in [2.45, 2.75) is 26.7 Å². The first kappa shape index (κ1) is 14.4. The van der Waals surface area contributed by atoms with Crippen molar-refractivity contribution in [3.05, 3.63) is 23.8 Å². The summed E-state index contributed by atoms with van der Waals surface area (Å²) >= 11 is 0. The molecule has 1 aromatic carbocycles. The zero-order valence-corrected chi connectivity index (χ0v) is 11.2. The van der Waals surface area contributed by atoms with Crippen LogP contribution < -0.4 is 10.5 Å². The van der Waals surface area contributed by atoms with Crippen LogP contribution in [0.4, 0.5) is 5.69 Å². The summed E-state index contributed by atoms with van der Waals surface area (Å²) in [6.45, 7) is 4.80. The van der Waals surface area contributed by atoms with Crippen LogP contribution in [0.1, 0.15) is 37.0 Å². The highest BCUT2D eigenvalue weighted by Gasteiger charge is 2.16. The second-order valence-electron chi connectivity index (χ2n) is 4.21. The van der Waals surface area contributed by atoms with E-state index in [9.17, 15) is 4.79 Å². The van der Waals surface area contributed by atoms with Crippen molar-refractivity contribution >= 4 is 11.7 Å². The van der Waals surface area contributed by atoms with Gasteiger partial charge in [-0.3, -0.25) is 0 Å². The second kappa shape index (κ2) is 6.89. The number of benzene rings is 1. The lowest BCUT2D eigenvalue weighted by molar-refractivity contribution is 0.0595. The van der Waals surface area contributed by atoms with Gasteiger partial charge < -0.3 is 15.2 Å². The lowest BCUT2D eigenvalue weighted by Crippen LogP contribution is -2.14. The van der Waals surface area contributed by atoms with Gasteiger partial charge in [0.15, 0.2) is 5.75 Å². The van der Waals surface area contributed by atoms with Gasteiger partial charge in [0.05, 0.1) is 19.4 Å². The summed E-state index contributed by atoms with van der Waals surface area (Å²) in [5.41, 5.74) is 6.69. The number of rotatable bonds is 6. The quantitative estimate of drug-likeness (QED) is 0.623. The molecule has 0 fully saturated rings. The summed E-state index contributed by atoms with van der Waals surface area (Å²) in [5, 5.41) is 0. The molecule has 1 aromatic rings. The van der Waals surface area contributed by atoms with E-state index >= 15 is 0 Å². The molecule has 100 valence electrons. The highest BCUT2D eigenvalue weighted by atomic mass is 16.5. The first-order chi connectivity index (χ1) is 8.63. The molecule has 2 N–H and O–H groups in total. The lowest BCUT2D eigenvalue weighted by Gasteiger charge is -2.17. The number of esters is 1. The van der Waals surface area contributed by atoms with Crippen LogP contribution in [0.25, 0.3) is 0 Å². The highest BCUT2D eigenvalue weighted by Crippen LogP contribution is 2.28. The number of carbonyl (C=O) groups excluding carboxylic acids is 1. The number of hydrogen-bond acceptors (Lipinski definition) is 4. The van der Waals surface area contributed by atoms with E-state index in [0.29, 0.717) is 29.5 Å². The van der Waals surface area contributed by atoms with Crippen molar-refractivity contribution in [1.82, 2.24) is 0 Å². The molecule has 0 unspecified atom stereocenters. The third-order valence-corrected chi connectivity index (χ3v) is 3.07. The van der Waals surface area contributed by atoms with E-state index in [4.69, 9.17) is 15.2 Å². The molecule has 0 atom stereocenters. The molecule has 0 bridgehead atoms. The number of carbonyl (C=O) groups is 1. The Morgan fingerprint density at radius 1 is 1.33 bits per heavy atom.